The average molecular weight is 322 g/mol. The molecule has 0 amide bonds. The molecule has 0 aromatic heterocycles. The molecule has 0 fully saturated rings. The standard InChI is InChI=1S/C15H18N2O4S/c1-2-21-15-9-11(3-8-14(15)18)10-17-22(19,20)13-6-4-12(16)5-7-13/h3-9,17-18H,2,10,16H2,1H3. The van der Waals surface area contributed by atoms with E-state index >= 15 is 0 Å². The topological polar surface area (TPSA) is 102 Å². The highest BCUT2D eigenvalue weighted by atomic mass is 32.2. The maximum Gasteiger partial charge on any atom is 0.240 e. The lowest BCUT2D eigenvalue weighted by molar-refractivity contribution is 0.317. The number of phenolic OH excluding ortho intramolecular Hbond substituents is 1. The molecule has 0 saturated heterocycles. The second kappa shape index (κ2) is 6.67. The van der Waals surface area contributed by atoms with Gasteiger partial charge in [0.15, 0.2) is 11.5 Å². The van der Waals surface area contributed by atoms with Gasteiger partial charge in [-0.05, 0) is 48.9 Å². The van der Waals surface area contributed by atoms with Crippen LogP contribution in [0.1, 0.15) is 12.5 Å². The summed E-state index contributed by atoms with van der Waals surface area (Å²) in [6.07, 6.45) is 0. The third-order valence-electron chi connectivity index (χ3n) is 2.98. The van der Waals surface area contributed by atoms with E-state index in [0.29, 0.717) is 23.6 Å². The van der Waals surface area contributed by atoms with Crippen molar-refractivity contribution in [1.82, 2.24) is 4.72 Å². The van der Waals surface area contributed by atoms with Gasteiger partial charge in [-0.3, -0.25) is 0 Å². The molecule has 0 aliphatic carbocycles. The normalized spacial score (nSPS) is 11.3. The first-order valence-electron chi connectivity index (χ1n) is 6.72. The van der Waals surface area contributed by atoms with Crippen LogP contribution in [0.25, 0.3) is 0 Å². The van der Waals surface area contributed by atoms with E-state index in [9.17, 15) is 13.5 Å². The van der Waals surface area contributed by atoms with Crippen molar-refractivity contribution in [3.05, 3.63) is 48.0 Å². The molecule has 0 saturated carbocycles. The smallest absolute Gasteiger partial charge is 0.240 e. The van der Waals surface area contributed by atoms with E-state index < -0.39 is 10.0 Å². The number of hydrogen-bond acceptors (Lipinski definition) is 5. The van der Waals surface area contributed by atoms with Crippen LogP contribution in [0.3, 0.4) is 0 Å². The zero-order chi connectivity index (χ0) is 16.2. The SMILES string of the molecule is CCOc1cc(CNS(=O)(=O)c2ccc(N)cc2)ccc1O. The summed E-state index contributed by atoms with van der Waals surface area (Å²) in [4.78, 5) is 0.144. The summed E-state index contributed by atoms with van der Waals surface area (Å²) in [5.74, 6) is 0.346. The molecule has 7 heteroatoms. The summed E-state index contributed by atoms with van der Waals surface area (Å²) >= 11 is 0. The van der Waals surface area contributed by atoms with Gasteiger partial charge in [0.1, 0.15) is 0 Å². The van der Waals surface area contributed by atoms with Crippen LogP contribution >= 0.6 is 0 Å². The van der Waals surface area contributed by atoms with Gasteiger partial charge in [0.2, 0.25) is 10.0 Å². The molecule has 0 atom stereocenters. The minimum absolute atomic E-state index is 0.0204. The molecule has 2 aromatic rings. The first-order valence-corrected chi connectivity index (χ1v) is 8.20. The summed E-state index contributed by atoms with van der Waals surface area (Å²) < 4.78 is 32.1. The number of anilines is 1. The fourth-order valence-corrected chi connectivity index (χ4v) is 2.87. The zero-order valence-corrected chi connectivity index (χ0v) is 12.9. The van der Waals surface area contributed by atoms with Gasteiger partial charge in [-0.15, -0.1) is 0 Å². The number of nitrogen functional groups attached to an aromatic ring is 1. The van der Waals surface area contributed by atoms with Crippen molar-refractivity contribution >= 4 is 15.7 Å². The van der Waals surface area contributed by atoms with E-state index in [1.807, 2.05) is 0 Å². The predicted octanol–water partition coefficient (Wildman–Crippen LogP) is 1.85. The molecule has 0 aliphatic rings. The zero-order valence-electron chi connectivity index (χ0n) is 12.1. The van der Waals surface area contributed by atoms with Gasteiger partial charge < -0.3 is 15.6 Å². The largest absolute Gasteiger partial charge is 0.504 e. The number of hydrogen-bond donors (Lipinski definition) is 3. The van der Waals surface area contributed by atoms with Gasteiger partial charge in [0.05, 0.1) is 11.5 Å². The molecule has 0 heterocycles. The Labute approximate surface area is 129 Å². The molecule has 0 bridgehead atoms. The van der Waals surface area contributed by atoms with E-state index in [2.05, 4.69) is 4.72 Å². The van der Waals surface area contributed by atoms with Crippen LogP contribution in [0.2, 0.25) is 0 Å². The van der Waals surface area contributed by atoms with Crippen LogP contribution in [-0.2, 0) is 16.6 Å². The fraction of sp³-hybridized carbons (Fsp3) is 0.200. The van der Waals surface area contributed by atoms with Crippen molar-refractivity contribution in [2.45, 2.75) is 18.4 Å². The Morgan fingerprint density at radius 1 is 1.18 bits per heavy atom. The van der Waals surface area contributed by atoms with Crippen molar-refractivity contribution in [2.24, 2.45) is 0 Å². The van der Waals surface area contributed by atoms with Crippen molar-refractivity contribution < 1.29 is 18.3 Å². The fourth-order valence-electron chi connectivity index (χ4n) is 1.85. The maximum atomic E-state index is 12.2. The maximum absolute atomic E-state index is 12.2. The molecule has 2 rings (SSSR count). The number of benzene rings is 2. The molecular formula is C15H18N2O4S. The Hall–Kier alpha value is -2.25. The summed E-state index contributed by atoms with van der Waals surface area (Å²) in [6, 6.07) is 10.6. The Bertz CT molecular complexity index is 743. The van der Waals surface area contributed by atoms with Crippen LogP contribution in [0.5, 0.6) is 11.5 Å². The third kappa shape index (κ3) is 3.90. The molecular weight excluding hydrogens is 304 g/mol. The molecule has 0 radical (unpaired) electrons. The number of sulfonamides is 1. The Morgan fingerprint density at radius 2 is 1.86 bits per heavy atom. The lowest BCUT2D eigenvalue weighted by atomic mass is 10.2. The van der Waals surface area contributed by atoms with Gasteiger partial charge in [-0.1, -0.05) is 6.07 Å². The number of rotatable bonds is 6. The molecule has 0 spiro atoms. The molecule has 0 aliphatic heterocycles. The Balaban J connectivity index is 2.12. The van der Waals surface area contributed by atoms with E-state index in [4.69, 9.17) is 10.5 Å². The molecule has 22 heavy (non-hydrogen) atoms. The molecule has 4 N–H and O–H groups in total. The van der Waals surface area contributed by atoms with Gasteiger partial charge in [0, 0.05) is 12.2 Å². The van der Waals surface area contributed by atoms with E-state index in [0.717, 1.165) is 0 Å². The number of nitrogens with one attached hydrogen (secondary N) is 1. The molecule has 0 unspecified atom stereocenters. The molecule has 6 nitrogen and oxygen atoms in total. The minimum atomic E-state index is -3.62. The van der Waals surface area contributed by atoms with Crippen molar-refractivity contribution in [2.75, 3.05) is 12.3 Å². The number of aromatic hydroxyl groups is 1. The molecule has 2 aromatic carbocycles. The van der Waals surface area contributed by atoms with Crippen LogP contribution in [-0.4, -0.2) is 20.1 Å². The highest BCUT2D eigenvalue weighted by Gasteiger charge is 2.14. The minimum Gasteiger partial charge on any atom is -0.504 e. The van der Waals surface area contributed by atoms with Gasteiger partial charge in [-0.2, -0.15) is 0 Å². The van der Waals surface area contributed by atoms with Crippen LogP contribution < -0.4 is 15.2 Å². The first-order chi connectivity index (χ1) is 10.4. The second-order valence-electron chi connectivity index (χ2n) is 4.63. The summed E-state index contributed by atoms with van der Waals surface area (Å²) in [7, 11) is -3.62. The van der Waals surface area contributed by atoms with Crippen LogP contribution in [0, 0.1) is 0 Å². The van der Waals surface area contributed by atoms with Crippen molar-refractivity contribution in [1.29, 1.82) is 0 Å². The van der Waals surface area contributed by atoms with Gasteiger partial charge in [-0.25, -0.2) is 13.1 Å². The summed E-state index contributed by atoms with van der Waals surface area (Å²) in [6.45, 7) is 2.30. The number of phenols is 1. The molecule has 118 valence electrons. The summed E-state index contributed by atoms with van der Waals surface area (Å²) in [5, 5.41) is 9.62. The highest BCUT2D eigenvalue weighted by Crippen LogP contribution is 2.26. The number of ether oxygens (including phenoxy) is 1. The van der Waals surface area contributed by atoms with E-state index in [1.54, 1.807) is 19.1 Å². The predicted molar refractivity (Wildman–Crippen MR) is 84.2 cm³/mol. The van der Waals surface area contributed by atoms with Gasteiger partial charge in [0.25, 0.3) is 0 Å². The second-order valence-corrected chi connectivity index (χ2v) is 6.40. The monoisotopic (exact) mass is 322 g/mol. The van der Waals surface area contributed by atoms with Crippen molar-refractivity contribution in [3.63, 3.8) is 0 Å². The van der Waals surface area contributed by atoms with Crippen LogP contribution in [0.4, 0.5) is 5.69 Å². The average Bonchev–Trinajstić information content (AvgIpc) is 2.49. The van der Waals surface area contributed by atoms with Gasteiger partial charge >= 0.3 is 0 Å². The Kier molecular flexibility index (Phi) is 4.89. The Morgan fingerprint density at radius 3 is 2.50 bits per heavy atom. The lowest BCUT2D eigenvalue weighted by Crippen LogP contribution is -2.23. The van der Waals surface area contributed by atoms with Crippen molar-refractivity contribution in [3.8, 4) is 11.5 Å². The van der Waals surface area contributed by atoms with E-state index in [-0.39, 0.29) is 17.2 Å². The summed E-state index contributed by atoms with van der Waals surface area (Å²) in [5.41, 5.74) is 6.72. The lowest BCUT2D eigenvalue weighted by Gasteiger charge is -2.10. The van der Waals surface area contributed by atoms with Crippen LogP contribution in [0.15, 0.2) is 47.4 Å². The quantitative estimate of drug-likeness (QED) is 0.705. The number of nitrogens with two attached hydrogens (primary N) is 1. The van der Waals surface area contributed by atoms with E-state index in [1.165, 1.54) is 30.3 Å². The third-order valence-corrected chi connectivity index (χ3v) is 4.40. The highest BCUT2D eigenvalue weighted by molar-refractivity contribution is 7.89. The first kappa shape index (κ1) is 16.1.